The van der Waals surface area contributed by atoms with Gasteiger partial charge in [-0.05, 0) is 12.1 Å². The van der Waals surface area contributed by atoms with E-state index in [2.05, 4.69) is 15.3 Å². The highest BCUT2D eigenvalue weighted by molar-refractivity contribution is 6.36. The largest absolute Gasteiger partial charge is 0.473 e. The lowest BCUT2D eigenvalue weighted by atomic mass is 10.2. The van der Waals surface area contributed by atoms with Gasteiger partial charge in [0.15, 0.2) is 0 Å². The van der Waals surface area contributed by atoms with Gasteiger partial charge in [0.1, 0.15) is 19.2 Å². The molecular formula is C13H9Cl2F3N6O2. The Morgan fingerprint density at radius 3 is 2.50 bits per heavy atom. The molecule has 13 heteroatoms. The SMILES string of the molecule is O=C(CN(C(=O)C(F)(F)F)n1cnnc1)N/N=C/c1ccc(Cl)cc1Cl. The topological polar surface area (TPSA) is 92.5 Å². The lowest BCUT2D eigenvalue weighted by Gasteiger charge is -2.22. The lowest BCUT2D eigenvalue weighted by molar-refractivity contribution is -0.172. The van der Waals surface area contributed by atoms with Gasteiger partial charge in [-0.15, -0.1) is 10.2 Å². The van der Waals surface area contributed by atoms with Crippen molar-refractivity contribution in [2.45, 2.75) is 6.18 Å². The van der Waals surface area contributed by atoms with Crippen molar-refractivity contribution in [3.63, 3.8) is 0 Å². The monoisotopic (exact) mass is 408 g/mol. The van der Waals surface area contributed by atoms with Crippen LogP contribution in [-0.4, -0.2) is 45.6 Å². The minimum atomic E-state index is -5.19. The summed E-state index contributed by atoms with van der Waals surface area (Å²) in [5, 5.41) is 10.9. The molecule has 1 aromatic carbocycles. The normalized spacial score (nSPS) is 11.6. The second-order valence-electron chi connectivity index (χ2n) is 4.66. The van der Waals surface area contributed by atoms with E-state index in [1.54, 1.807) is 0 Å². The number of benzene rings is 1. The average Bonchev–Trinajstić information content (AvgIpc) is 3.07. The number of hydrogen-bond donors (Lipinski definition) is 1. The molecule has 0 unspecified atom stereocenters. The number of nitrogens with one attached hydrogen (secondary N) is 1. The number of aromatic nitrogens is 3. The van der Waals surface area contributed by atoms with Crippen LogP contribution in [-0.2, 0) is 9.59 Å². The first-order valence-electron chi connectivity index (χ1n) is 6.69. The van der Waals surface area contributed by atoms with E-state index < -0.39 is 24.5 Å². The molecule has 26 heavy (non-hydrogen) atoms. The van der Waals surface area contributed by atoms with E-state index in [-0.39, 0.29) is 10.0 Å². The van der Waals surface area contributed by atoms with E-state index in [1.807, 2.05) is 5.43 Å². The van der Waals surface area contributed by atoms with Gasteiger partial charge in [-0.1, -0.05) is 29.3 Å². The summed E-state index contributed by atoms with van der Waals surface area (Å²) in [5.41, 5.74) is 2.41. The predicted molar refractivity (Wildman–Crippen MR) is 86.4 cm³/mol. The fourth-order valence-electron chi connectivity index (χ4n) is 1.68. The number of halogens is 5. The van der Waals surface area contributed by atoms with Crippen LogP contribution in [0.4, 0.5) is 13.2 Å². The van der Waals surface area contributed by atoms with Crippen molar-refractivity contribution in [3.05, 3.63) is 46.5 Å². The number of carbonyl (C=O) groups excluding carboxylic acids is 2. The quantitative estimate of drug-likeness (QED) is 0.602. The molecule has 0 spiro atoms. The number of rotatable bonds is 5. The number of amides is 2. The van der Waals surface area contributed by atoms with E-state index in [0.29, 0.717) is 15.3 Å². The zero-order valence-corrected chi connectivity index (χ0v) is 14.1. The van der Waals surface area contributed by atoms with Crippen LogP contribution < -0.4 is 10.4 Å². The summed E-state index contributed by atoms with van der Waals surface area (Å²) >= 11 is 11.6. The minimum Gasteiger partial charge on any atom is -0.271 e. The van der Waals surface area contributed by atoms with E-state index >= 15 is 0 Å². The van der Waals surface area contributed by atoms with Gasteiger partial charge in [-0.2, -0.15) is 18.3 Å². The van der Waals surface area contributed by atoms with Gasteiger partial charge in [0.25, 0.3) is 5.91 Å². The number of alkyl halides is 3. The van der Waals surface area contributed by atoms with Crippen LogP contribution in [0.5, 0.6) is 0 Å². The van der Waals surface area contributed by atoms with Crippen LogP contribution >= 0.6 is 23.2 Å². The maximum Gasteiger partial charge on any atom is 0.473 e. The van der Waals surface area contributed by atoms with Gasteiger partial charge in [0, 0.05) is 10.6 Å². The van der Waals surface area contributed by atoms with E-state index in [0.717, 1.165) is 12.7 Å². The highest BCUT2D eigenvalue weighted by Crippen LogP contribution is 2.19. The van der Waals surface area contributed by atoms with E-state index in [4.69, 9.17) is 23.2 Å². The summed E-state index contributed by atoms with van der Waals surface area (Å²) in [6.07, 6.45) is -2.34. The molecule has 1 heterocycles. The van der Waals surface area contributed by atoms with Gasteiger partial charge in [-0.3, -0.25) is 9.59 Å². The summed E-state index contributed by atoms with van der Waals surface area (Å²) in [6, 6.07) is 4.51. The third-order valence-electron chi connectivity index (χ3n) is 2.81. The number of hydrogen-bond acceptors (Lipinski definition) is 5. The maximum absolute atomic E-state index is 12.7. The van der Waals surface area contributed by atoms with Crippen LogP contribution in [0.1, 0.15) is 5.56 Å². The Bertz CT molecular complexity index is 826. The first-order chi connectivity index (χ1) is 12.2. The molecule has 2 aromatic rings. The smallest absolute Gasteiger partial charge is 0.271 e. The highest BCUT2D eigenvalue weighted by Gasteiger charge is 2.44. The van der Waals surface area contributed by atoms with Crippen LogP contribution in [0, 0.1) is 0 Å². The average molecular weight is 409 g/mol. The van der Waals surface area contributed by atoms with Crippen molar-refractivity contribution in [2.75, 3.05) is 11.6 Å². The molecule has 2 rings (SSSR count). The van der Waals surface area contributed by atoms with E-state index in [1.165, 1.54) is 24.4 Å². The summed E-state index contributed by atoms with van der Waals surface area (Å²) in [7, 11) is 0. The Hall–Kier alpha value is -2.66. The molecule has 0 bridgehead atoms. The summed E-state index contributed by atoms with van der Waals surface area (Å²) in [4.78, 5) is 23.3. The number of hydrazone groups is 1. The number of carbonyl (C=O) groups is 2. The zero-order valence-electron chi connectivity index (χ0n) is 12.6. The van der Waals surface area contributed by atoms with Crippen LogP contribution in [0.25, 0.3) is 0 Å². The Kier molecular flexibility index (Phi) is 6.16. The van der Waals surface area contributed by atoms with Gasteiger partial charge in [0.2, 0.25) is 0 Å². The Balaban J connectivity index is 2.05. The minimum absolute atomic E-state index is 0.111. The number of nitrogens with zero attached hydrogens (tertiary/aromatic N) is 5. The highest BCUT2D eigenvalue weighted by atomic mass is 35.5. The van der Waals surface area contributed by atoms with Crippen LogP contribution in [0.15, 0.2) is 36.0 Å². The van der Waals surface area contributed by atoms with Gasteiger partial charge < -0.3 is 0 Å². The van der Waals surface area contributed by atoms with Crippen LogP contribution in [0.2, 0.25) is 10.0 Å². The van der Waals surface area contributed by atoms with Gasteiger partial charge >= 0.3 is 12.1 Å². The van der Waals surface area contributed by atoms with Gasteiger partial charge in [0.05, 0.1) is 11.2 Å². The van der Waals surface area contributed by atoms with Crippen molar-refractivity contribution in [1.29, 1.82) is 0 Å². The standard InChI is InChI=1S/C13H9Cl2F3N6O2/c14-9-2-1-8(10(15)3-9)4-19-22-11(25)5-24(12(26)13(16,17)18)23-6-20-21-7-23/h1-4,6-7H,5H2,(H,22,25)/b19-4+. The molecule has 0 aliphatic carbocycles. The molecule has 1 aromatic heterocycles. The Morgan fingerprint density at radius 1 is 1.27 bits per heavy atom. The van der Waals surface area contributed by atoms with Crippen molar-refractivity contribution < 1.29 is 22.8 Å². The summed E-state index contributed by atoms with van der Waals surface area (Å²) < 4.78 is 38.6. The van der Waals surface area contributed by atoms with Gasteiger partial charge in [-0.25, -0.2) is 15.1 Å². The molecule has 1 N–H and O–H groups in total. The molecule has 0 aliphatic rings. The molecule has 0 aliphatic heterocycles. The summed E-state index contributed by atoms with van der Waals surface area (Å²) in [5.74, 6) is -3.25. The first kappa shape index (κ1) is 19.7. The Labute approximate surface area is 154 Å². The maximum atomic E-state index is 12.7. The predicted octanol–water partition coefficient (Wildman–Crippen LogP) is 1.76. The second-order valence-corrected chi connectivity index (χ2v) is 5.51. The molecular weight excluding hydrogens is 400 g/mol. The molecule has 0 saturated heterocycles. The molecule has 138 valence electrons. The fourth-order valence-corrected chi connectivity index (χ4v) is 2.13. The third-order valence-corrected chi connectivity index (χ3v) is 3.37. The van der Waals surface area contributed by atoms with Crippen molar-refractivity contribution in [1.82, 2.24) is 20.3 Å². The lowest BCUT2D eigenvalue weighted by Crippen LogP contribution is -2.51. The molecule has 0 atom stereocenters. The van der Waals surface area contributed by atoms with Crippen LogP contribution in [0.3, 0.4) is 0 Å². The first-order valence-corrected chi connectivity index (χ1v) is 7.44. The Morgan fingerprint density at radius 2 is 1.92 bits per heavy atom. The molecule has 0 saturated carbocycles. The fraction of sp³-hybridized carbons (Fsp3) is 0.154. The van der Waals surface area contributed by atoms with Crippen molar-refractivity contribution >= 4 is 41.2 Å². The molecule has 0 radical (unpaired) electrons. The molecule has 8 nitrogen and oxygen atoms in total. The summed E-state index contributed by atoms with van der Waals surface area (Å²) in [6.45, 7) is -0.970. The van der Waals surface area contributed by atoms with E-state index in [9.17, 15) is 22.8 Å². The third kappa shape index (κ3) is 5.17. The van der Waals surface area contributed by atoms with Crippen molar-refractivity contribution in [3.8, 4) is 0 Å². The second kappa shape index (κ2) is 8.15. The zero-order chi connectivity index (χ0) is 19.3. The van der Waals surface area contributed by atoms with Crippen molar-refractivity contribution in [2.24, 2.45) is 5.10 Å². The molecule has 0 fully saturated rings. The molecule has 2 amide bonds.